The van der Waals surface area contributed by atoms with E-state index >= 15 is 0 Å². The van der Waals surface area contributed by atoms with Gasteiger partial charge in [0.05, 0.1) is 34.5 Å². The van der Waals surface area contributed by atoms with Crippen LogP contribution in [0.3, 0.4) is 0 Å². The lowest BCUT2D eigenvalue weighted by Crippen LogP contribution is -2.48. The van der Waals surface area contributed by atoms with Gasteiger partial charge >= 0.3 is 12.2 Å². The fraction of sp³-hybridized carbons (Fsp3) is 0.130. The van der Waals surface area contributed by atoms with Gasteiger partial charge in [-0.2, -0.15) is 18.4 Å². The normalized spacial score (nSPS) is 16.2. The number of amides is 2. The summed E-state index contributed by atoms with van der Waals surface area (Å²) >= 11 is 0.340. The second-order valence-corrected chi connectivity index (χ2v) is 8.12. The molecule has 35 heavy (non-hydrogen) atoms. The molecule has 8 nitrogen and oxygen atoms in total. The Morgan fingerprint density at radius 1 is 1.26 bits per heavy atom. The zero-order chi connectivity index (χ0) is 25.3. The summed E-state index contributed by atoms with van der Waals surface area (Å²) in [7, 11) is 0. The molecule has 0 aliphatic carbocycles. The van der Waals surface area contributed by atoms with Crippen LogP contribution in [-0.4, -0.2) is 26.0 Å². The maximum absolute atomic E-state index is 13.5. The van der Waals surface area contributed by atoms with Crippen LogP contribution in [0.5, 0.6) is 0 Å². The van der Waals surface area contributed by atoms with Gasteiger partial charge in [-0.1, -0.05) is 12.1 Å². The minimum atomic E-state index is -4.63. The van der Waals surface area contributed by atoms with Gasteiger partial charge in [0.15, 0.2) is 0 Å². The van der Waals surface area contributed by atoms with E-state index in [1.165, 1.54) is 60.5 Å². The summed E-state index contributed by atoms with van der Waals surface area (Å²) in [6.45, 7) is 1.45. The lowest BCUT2D eigenvalue weighted by Gasteiger charge is -2.36. The Hall–Kier alpha value is -4.08. The fourth-order valence-electron chi connectivity index (χ4n) is 3.83. The molecule has 1 atom stereocenters. The number of allylic oxidation sites excluding steroid dienone is 1. The van der Waals surface area contributed by atoms with Gasteiger partial charge < -0.3 is 9.87 Å². The van der Waals surface area contributed by atoms with Crippen LogP contribution in [0.25, 0.3) is 0 Å². The van der Waals surface area contributed by atoms with Crippen LogP contribution >= 0.6 is 12.0 Å². The van der Waals surface area contributed by atoms with Gasteiger partial charge in [0.25, 0.3) is 5.91 Å². The average molecular weight is 499 g/mol. The Bertz CT molecular complexity index is 1380. The third-order valence-corrected chi connectivity index (χ3v) is 5.99. The lowest BCUT2D eigenvalue weighted by atomic mass is 9.93. The number of hydrogen-bond donors (Lipinski definition) is 2. The van der Waals surface area contributed by atoms with E-state index < -0.39 is 29.7 Å². The van der Waals surface area contributed by atoms with Crippen molar-refractivity contribution in [3.63, 3.8) is 0 Å². The van der Waals surface area contributed by atoms with Crippen molar-refractivity contribution in [3.05, 3.63) is 89.1 Å². The molecular weight excluding hydrogens is 483 g/mol. The van der Waals surface area contributed by atoms with Crippen molar-refractivity contribution in [2.24, 2.45) is 0 Å². The number of nitrogens with zero attached hydrogens (tertiary/aromatic N) is 4. The van der Waals surface area contributed by atoms with E-state index in [0.717, 1.165) is 17.0 Å². The maximum Gasteiger partial charge on any atom is 0.416 e. The number of carbonyl (C=O) groups is 2. The number of nitriles is 1. The largest absolute Gasteiger partial charge is 0.416 e. The van der Waals surface area contributed by atoms with Gasteiger partial charge in [0, 0.05) is 35.0 Å². The summed E-state index contributed by atoms with van der Waals surface area (Å²) in [6.07, 6.45) is -0.602. The average Bonchev–Trinajstić information content (AvgIpc) is 3.38. The van der Waals surface area contributed by atoms with Crippen molar-refractivity contribution in [2.45, 2.75) is 24.0 Å². The molecule has 1 aliphatic heterocycles. The Kier molecular flexibility index (Phi) is 6.38. The Morgan fingerprint density at radius 3 is 2.66 bits per heavy atom. The molecule has 12 heteroatoms. The number of hydrogen-bond acceptors (Lipinski definition) is 6. The first kappa shape index (κ1) is 24.1. The molecule has 0 bridgehead atoms. The number of halogens is 3. The number of rotatable bonds is 4. The summed E-state index contributed by atoms with van der Waals surface area (Å²) in [5, 5.41) is 11.8. The highest BCUT2D eigenvalue weighted by Gasteiger charge is 2.39. The zero-order valence-corrected chi connectivity index (χ0v) is 18.8. The molecule has 0 spiro atoms. The van der Waals surface area contributed by atoms with E-state index in [0.29, 0.717) is 17.6 Å². The van der Waals surface area contributed by atoms with Crippen LogP contribution in [0.1, 0.15) is 34.5 Å². The van der Waals surface area contributed by atoms with Crippen molar-refractivity contribution in [3.8, 4) is 6.07 Å². The lowest BCUT2D eigenvalue weighted by molar-refractivity contribution is -0.137. The highest BCUT2D eigenvalue weighted by molar-refractivity contribution is 7.93. The molecule has 0 unspecified atom stereocenters. The SMILES string of the molecule is CC1=C(C(=O)n2ccnc2)[C@@H](c2ccc(C#N)cc2SO)NC(=O)N1c1cccc(C(F)(F)F)c1. The van der Waals surface area contributed by atoms with Crippen LogP contribution in [-0.2, 0) is 6.18 Å². The van der Waals surface area contributed by atoms with E-state index in [9.17, 15) is 32.6 Å². The van der Waals surface area contributed by atoms with Crippen molar-refractivity contribution in [2.75, 3.05) is 4.90 Å². The quantitative estimate of drug-likeness (QED) is 0.476. The van der Waals surface area contributed by atoms with Crippen LogP contribution in [0.2, 0.25) is 0 Å². The number of alkyl halides is 3. The molecule has 0 radical (unpaired) electrons. The molecule has 0 saturated carbocycles. The first-order valence-electron chi connectivity index (χ1n) is 10.0. The van der Waals surface area contributed by atoms with Gasteiger partial charge in [0.2, 0.25) is 0 Å². The van der Waals surface area contributed by atoms with Crippen LogP contribution in [0, 0.1) is 11.3 Å². The Balaban J connectivity index is 1.91. The molecule has 4 rings (SSSR count). The van der Waals surface area contributed by atoms with Gasteiger partial charge in [-0.05, 0) is 42.8 Å². The summed E-state index contributed by atoms with van der Waals surface area (Å²) < 4.78 is 50.9. The molecule has 2 heterocycles. The predicted molar refractivity (Wildman–Crippen MR) is 120 cm³/mol. The third-order valence-electron chi connectivity index (χ3n) is 5.44. The van der Waals surface area contributed by atoms with E-state index in [1.807, 2.05) is 6.07 Å². The highest BCUT2D eigenvalue weighted by Crippen LogP contribution is 2.39. The maximum atomic E-state index is 13.5. The number of benzene rings is 2. The standard InChI is InChI=1S/C23H16F3N5O3S/c1-13-19(21(32)30-8-7-28-12-30)20(17-6-5-14(11-27)9-18(17)35-34)29-22(33)31(13)16-4-2-3-15(10-16)23(24,25)26/h2-10,12,20,34H,1H3,(H,29,33)/t20-/m1/s1. The van der Waals surface area contributed by atoms with Crippen molar-refractivity contribution >= 4 is 29.7 Å². The molecule has 1 aliphatic rings. The summed E-state index contributed by atoms with van der Waals surface area (Å²) in [6, 6.07) is 8.67. The molecule has 2 N–H and O–H groups in total. The van der Waals surface area contributed by atoms with E-state index in [4.69, 9.17) is 0 Å². The van der Waals surface area contributed by atoms with Gasteiger partial charge in [-0.15, -0.1) is 0 Å². The van der Waals surface area contributed by atoms with Crippen molar-refractivity contribution < 1.29 is 27.3 Å². The van der Waals surface area contributed by atoms with Crippen LogP contribution in [0.4, 0.5) is 23.7 Å². The molecule has 0 fully saturated rings. The molecule has 2 amide bonds. The fourth-order valence-corrected chi connectivity index (χ4v) is 4.30. The number of carbonyl (C=O) groups excluding carboxylic acids is 2. The molecular formula is C23H16F3N5O3S. The summed E-state index contributed by atoms with van der Waals surface area (Å²) in [5.74, 6) is -0.583. The minimum Gasteiger partial charge on any atom is -0.326 e. The van der Waals surface area contributed by atoms with Gasteiger partial charge in [-0.25, -0.2) is 9.78 Å². The number of aromatic nitrogens is 2. The molecule has 1 aromatic heterocycles. The minimum absolute atomic E-state index is 0.0417. The van der Waals surface area contributed by atoms with Crippen LogP contribution in [0.15, 0.2) is 77.4 Å². The highest BCUT2D eigenvalue weighted by atomic mass is 32.2. The van der Waals surface area contributed by atoms with E-state index in [2.05, 4.69) is 10.3 Å². The smallest absolute Gasteiger partial charge is 0.326 e. The first-order chi connectivity index (χ1) is 16.7. The Morgan fingerprint density at radius 2 is 2.03 bits per heavy atom. The van der Waals surface area contributed by atoms with Crippen molar-refractivity contribution in [1.82, 2.24) is 14.9 Å². The second-order valence-electron chi connectivity index (χ2n) is 7.50. The van der Waals surface area contributed by atoms with E-state index in [-0.39, 0.29) is 27.4 Å². The zero-order valence-electron chi connectivity index (χ0n) is 17.9. The molecule has 178 valence electrons. The first-order valence-corrected chi connectivity index (χ1v) is 10.8. The number of nitrogens with one attached hydrogen (secondary N) is 1. The van der Waals surface area contributed by atoms with Gasteiger partial charge in [0.1, 0.15) is 6.33 Å². The number of anilines is 1. The van der Waals surface area contributed by atoms with Gasteiger partial charge in [-0.3, -0.25) is 14.3 Å². The van der Waals surface area contributed by atoms with Crippen molar-refractivity contribution in [1.29, 1.82) is 5.26 Å². The topological polar surface area (TPSA) is 111 Å². The molecule has 0 saturated heterocycles. The molecule has 2 aromatic carbocycles. The third kappa shape index (κ3) is 4.51. The number of urea groups is 1. The number of imidazole rings is 1. The predicted octanol–water partition coefficient (Wildman–Crippen LogP) is 5.22. The summed E-state index contributed by atoms with van der Waals surface area (Å²) in [4.78, 5) is 31.7. The summed E-state index contributed by atoms with van der Waals surface area (Å²) in [5.41, 5.74) is -0.320. The monoisotopic (exact) mass is 499 g/mol. The Labute approximate surface area is 201 Å². The van der Waals surface area contributed by atoms with E-state index in [1.54, 1.807) is 0 Å². The van der Waals surface area contributed by atoms with Crippen LogP contribution < -0.4 is 10.2 Å². The second kappa shape index (κ2) is 9.28. The molecule has 3 aromatic rings.